The highest BCUT2D eigenvalue weighted by molar-refractivity contribution is 6.07. The van der Waals surface area contributed by atoms with Gasteiger partial charge < -0.3 is 10.1 Å². The monoisotopic (exact) mass is 354 g/mol. The summed E-state index contributed by atoms with van der Waals surface area (Å²) >= 11 is 0. The molecule has 1 N–H and O–H groups in total. The summed E-state index contributed by atoms with van der Waals surface area (Å²) in [5.74, 6) is -1.15. The van der Waals surface area contributed by atoms with E-state index in [0.29, 0.717) is 35.2 Å². The minimum absolute atomic E-state index is 0.0333. The molecule has 1 unspecified atom stereocenters. The average molecular weight is 354 g/mol. The Labute approximate surface area is 149 Å². The molecule has 0 fully saturated rings. The molecule has 0 amide bonds. The number of nitro benzene ring substituents is 1. The summed E-state index contributed by atoms with van der Waals surface area (Å²) in [7, 11) is 0. The van der Waals surface area contributed by atoms with Crippen molar-refractivity contribution in [2.24, 2.45) is 5.41 Å². The Morgan fingerprint density at radius 1 is 1.23 bits per heavy atom. The normalized spacial score (nSPS) is 24.0. The number of benzene rings is 1. The van der Waals surface area contributed by atoms with Crippen molar-refractivity contribution in [3.05, 3.63) is 62.5 Å². The van der Waals surface area contributed by atoms with Crippen molar-refractivity contribution >= 4 is 17.4 Å². The standard InChI is InChI=1S/C19H18N2O5/c1-19(2)7-6-12-15(17(19)22)14(16-13(20-12)9-26-18(16)23)10-4-3-5-11(8-10)21(24)25/h3-5,8,14,20H,6-7,9H2,1-2H3. The lowest BCUT2D eigenvalue weighted by atomic mass is 9.67. The molecule has 7 nitrogen and oxygen atoms in total. The van der Waals surface area contributed by atoms with E-state index in [4.69, 9.17) is 4.74 Å². The molecule has 0 bridgehead atoms. The maximum atomic E-state index is 13.2. The number of allylic oxidation sites excluding steroid dienone is 2. The highest BCUT2D eigenvalue weighted by Crippen LogP contribution is 2.48. The molecular formula is C19H18N2O5. The zero-order valence-corrected chi connectivity index (χ0v) is 14.5. The van der Waals surface area contributed by atoms with Crippen molar-refractivity contribution in [2.75, 3.05) is 6.61 Å². The van der Waals surface area contributed by atoms with Crippen molar-refractivity contribution in [3.8, 4) is 0 Å². The second kappa shape index (κ2) is 5.52. The van der Waals surface area contributed by atoms with Gasteiger partial charge in [-0.25, -0.2) is 4.79 Å². The molecule has 26 heavy (non-hydrogen) atoms. The minimum Gasteiger partial charge on any atom is -0.456 e. The number of nitrogens with one attached hydrogen (secondary N) is 1. The summed E-state index contributed by atoms with van der Waals surface area (Å²) in [6.07, 6.45) is 1.39. The topological polar surface area (TPSA) is 98.5 Å². The first-order chi connectivity index (χ1) is 12.3. The molecule has 134 valence electrons. The first-order valence-electron chi connectivity index (χ1n) is 8.49. The van der Waals surface area contributed by atoms with Gasteiger partial charge in [0, 0.05) is 34.7 Å². The number of ketones is 1. The molecule has 3 aliphatic rings. The van der Waals surface area contributed by atoms with Gasteiger partial charge in [-0.2, -0.15) is 0 Å². The Bertz CT molecular complexity index is 926. The van der Waals surface area contributed by atoms with E-state index in [0.717, 1.165) is 5.70 Å². The van der Waals surface area contributed by atoms with Crippen LogP contribution in [0, 0.1) is 15.5 Å². The largest absolute Gasteiger partial charge is 0.456 e. The molecule has 2 aliphatic heterocycles. The first-order valence-corrected chi connectivity index (χ1v) is 8.49. The SMILES string of the molecule is CC1(C)CCC2=C(C1=O)C(c1cccc([N+](=O)[O-])c1)C1=C(COC1=O)N2. The summed E-state index contributed by atoms with van der Waals surface area (Å²) in [6, 6.07) is 6.13. The van der Waals surface area contributed by atoms with Gasteiger partial charge in [-0.3, -0.25) is 14.9 Å². The van der Waals surface area contributed by atoms with Crippen LogP contribution in [0.15, 0.2) is 46.8 Å². The third-order valence-corrected chi connectivity index (χ3v) is 5.37. The zero-order valence-electron chi connectivity index (χ0n) is 14.5. The van der Waals surface area contributed by atoms with Gasteiger partial charge in [-0.15, -0.1) is 0 Å². The molecule has 0 radical (unpaired) electrons. The van der Waals surface area contributed by atoms with E-state index in [1.807, 2.05) is 13.8 Å². The van der Waals surface area contributed by atoms with Crippen molar-refractivity contribution < 1.29 is 19.2 Å². The summed E-state index contributed by atoms with van der Waals surface area (Å²) in [5, 5.41) is 14.4. The number of rotatable bonds is 2. The molecule has 2 heterocycles. The second-order valence-electron chi connectivity index (χ2n) is 7.48. The van der Waals surface area contributed by atoms with E-state index >= 15 is 0 Å². The van der Waals surface area contributed by atoms with Crippen LogP contribution in [0.1, 0.15) is 38.2 Å². The first kappa shape index (κ1) is 16.5. The molecule has 0 saturated heterocycles. The van der Waals surface area contributed by atoms with Gasteiger partial charge in [-0.1, -0.05) is 26.0 Å². The molecule has 7 heteroatoms. The van der Waals surface area contributed by atoms with Gasteiger partial charge in [0.05, 0.1) is 16.2 Å². The molecule has 0 saturated carbocycles. The van der Waals surface area contributed by atoms with Crippen LogP contribution in [0.4, 0.5) is 5.69 Å². The number of Topliss-reactive ketones (excluding diaryl/α,β-unsaturated/α-hetero) is 1. The Balaban J connectivity index is 1.92. The summed E-state index contributed by atoms with van der Waals surface area (Å²) < 4.78 is 5.18. The number of nitro groups is 1. The van der Waals surface area contributed by atoms with Crippen molar-refractivity contribution in [2.45, 2.75) is 32.6 Å². The van der Waals surface area contributed by atoms with Crippen LogP contribution in [0.25, 0.3) is 0 Å². The van der Waals surface area contributed by atoms with Crippen LogP contribution in [-0.2, 0) is 14.3 Å². The lowest BCUT2D eigenvalue weighted by molar-refractivity contribution is -0.384. The van der Waals surface area contributed by atoms with E-state index in [2.05, 4.69) is 5.32 Å². The van der Waals surface area contributed by atoms with E-state index in [-0.39, 0.29) is 18.1 Å². The van der Waals surface area contributed by atoms with E-state index in [9.17, 15) is 19.7 Å². The summed E-state index contributed by atoms with van der Waals surface area (Å²) in [5.41, 5.74) is 2.31. The van der Waals surface area contributed by atoms with Crippen LogP contribution in [0.5, 0.6) is 0 Å². The number of nitrogens with zero attached hydrogens (tertiary/aromatic N) is 1. The fourth-order valence-corrected chi connectivity index (χ4v) is 3.91. The smallest absolute Gasteiger partial charge is 0.337 e. The Morgan fingerprint density at radius 2 is 2.00 bits per heavy atom. The summed E-state index contributed by atoms with van der Waals surface area (Å²) in [4.78, 5) is 36.2. The summed E-state index contributed by atoms with van der Waals surface area (Å²) in [6.45, 7) is 3.91. The molecule has 0 aromatic heterocycles. The fraction of sp³-hybridized carbons (Fsp3) is 0.368. The highest BCUT2D eigenvalue weighted by Gasteiger charge is 2.47. The number of carbonyl (C=O) groups excluding carboxylic acids is 2. The minimum atomic E-state index is -0.636. The van der Waals surface area contributed by atoms with Gasteiger partial charge in [0.15, 0.2) is 5.78 Å². The number of non-ortho nitro benzene ring substituents is 1. The maximum absolute atomic E-state index is 13.2. The van der Waals surface area contributed by atoms with Crippen molar-refractivity contribution in [3.63, 3.8) is 0 Å². The lowest BCUT2D eigenvalue weighted by Crippen LogP contribution is -2.39. The lowest BCUT2D eigenvalue weighted by Gasteiger charge is -2.38. The van der Waals surface area contributed by atoms with Crippen molar-refractivity contribution in [1.29, 1.82) is 0 Å². The van der Waals surface area contributed by atoms with E-state index in [1.54, 1.807) is 12.1 Å². The number of hydrogen-bond acceptors (Lipinski definition) is 6. The van der Waals surface area contributed by atoms with Gasteiger partial charge >= 0.3 is 5.97 Å². The quantitative estimate of drug-likeness (QED) is 0.498. The van der Waals surface area contributed by atoms with Gasteiger partial charge in [0.2, 0.25) is 0 Å². The number of dihydropyridines is 1. The number of carbonyl (C=O) groups is 2. The van der Waals surface area contributed by atoms with Gasteiger partial charge in [0.25, 0.3) is 5.69 Å². The van der Waals surface area contributed by atoms with Crippen LogP contribution < -0.4 is 5.32 Å². The number of ether oxygens (including phenoxy) is 1. The predicted molar refractivity (Wildman–Crippen MR) is 92.0 cm³/mol. The molecule has 1 aliphatic carbocycles. The molecule has 4 rings (SSSR count). The van der Waals surface area contributed by atoms with Crippen LogP contribution in [0.2, 0.25) is 0 Å². The highest BCUT2D eigenvalue weighted by atomic mass is 16.6. The van der Waals surface area contributed by atoms with E-state index in [1.165, 1.54) is 12.1 Å². The van der Waals surface area contributed by atoms with Crippen LogP contribution >= 0.6 is 0 Å². The molecular weight excluding hydrogens is 336 g/mol. The average Bonchev–Trinajstić information content (AvgIpc) is 2.98. The molecule has 1 aromatic rings. The van der Waals surface area contributed by atoms with Crippen LogP contribution in [-0.4, -0.2) is 23.3 Å². The number of esters is 1. The predicted octanol–water partition coefficient (Wildman–Crippen LogP) is 2.74. The molecule has 1 atom stereocenters. The van der Waals surface area contributed by atoms with Crippen LogP contribution in [0.3, 0.4) is 0 Å². The molecule has 0 spiro atoms. The van der Waals surface area contributed by atoms with Gasteiger partial charge in [0.1, 0.15) is 6.61 Å². The van der Waals surface area contributed by atoms with Crippen molar-refractivity contribution in [1.82, 2.24) is 5.32 Å². The Morgan fingerprint density at radius 3 is 2.73 bits per heavy atom. The Kier molecular flexibility index (Phi) is 3.50. The second-order valence-corrected chi connectivity index (χ2v) is 7.48. The fourth-order valence-electron chi connectivity index (χ4n) is 3.91. The molecule has 1 aromatic carbocycles. The third kappa shape index (κ3) is 2.34. The number of hydrogen-bond donors (Lipinski definition) is 1. The number of cyclic esters (lactones) is 1. The zero-order chi connectivity index (χ0) is 18.6. The van der Waals surface area contributed by atoms with E-state index < -0.39 is 22.2 Å². The Hall–Kier alpha value is -2.96. The third-order valence-electron chi connectivity index (χ3n) is 5.37. The maximum Gasteiger partial charge on any atom is 0.337 e. The van der Waals surface area contributed by atoms with Gasteiger partial charge in [-0.05, 0) is 18.4 Å².